The van der Waals surface area contributed by atoms with Crippen LogP contribution in [-0.4, -0.2) is 23.4 Å². The second-order valence-electron chi connectivity index (χ2n) is 3.94. The Kier molecular flexibility index (Phi) is 2.97. The lowest BCUT2D eigenvalue weighted by Gasteiger charge is -2.06. The number of hydrogen-bond acceptors (Lipinski definition) is 5. The Hall–Kier alpha value is -2.27. The van der Waals surface area contributed by atoms with Crippen molar-refractivity contribution in [3.8, 4) is 16.5 Å². The molecule has 0 fully saturated rings. The number of aromatic nitrogens is 2. The first-order valence-electron chi connectivity index (χ1n) is 5.65. The largest absolute Gasteiger partial charge is 0.497 e. The first-order valence-corrected chi connectivity index (χ1v) is 6.53. The highest BCUT2D eigenvalue weighted by Gasteiger charge is 2.11. The summed E-state index contributed by atoms with van der Waals surface area (Å²) in [6.07, 6.45) is 2.51. The Labute approximate surface area is 113 Å². The van der Waals surface area contributed by atoms with Gasteiger partial charge in [-0.25, -0.2) is 9.97 Å². The van der Waals surface area contributed by atoms with Crippen LogP contribution in [0.3, 0.4) is 0 Å². The van der Waals surface area contributed by atoms with Crippen molar-refractivity contribution >= 4 is 28.5 Å². The van der Waals surface area contributed by atoms with Gasteiger partial charge in [-0.15, -0.1) is 11.3 Å². The van der Waals surface area contributed by atoms with Crippen molar-refractivity contribution in [3.05, 3.63) is 41.4 Å². The molecule has 0 atom stereocenters. The van der Waals surface area contributed by atoms with Gasteiger partial charge in [0.15, 0.2) is 6.29 Å². The van der Waals surface area contributed by atoms with Gasteiger partial charge in [-0.1, -0.05) is 0 Å². The Bertz CT molecular complexity index is 739. The van der Waals surface area contributed by atoms with Crippen LogP contribution >= 0.6 is 11.3 Å². The molecule has 0 unspecified atom stereocenters. The third-order valence-electron chi connectivity index (χ3n) is 2.82. The van der Waals surface area contributed by atoms with Crippen molar-refractivity contribution in [3.63, 3.8) is 0 Å². The molecule has 0 aliphatic rings. The minimum absolute atomic E-state index is 0.549. The Morgan fingerprint density at radius 3 is 2.89 bits per heavy atom. The highest BCUT2D eigenvalue weighted by atomic mass is 32.1. The van der Waals surface area contributed by atoms with E-state index in [0.717, 1.165) is 27.9 Å². The van der Waals surface area contributed by atoms with E-state index in [0.29, 0.717) is 11.3 Å². The Balaban J connectivity index is 2.28. The van der Waals surface area contributed by atoms with Gasteiger partial charge in [-0.3, -0.25) is 4.79 Å². The monoisotopic (exact) mass is 270 g/mol. The van der Waals surface area contributed by atoms with Gasteiger partial charge in [-0.2, -0.15) is 0 Å². The number of pyridine rings is 1. The molecule has 0 aliphatic carbocycles. The van der Waals surface area contributed by atoms with Gasteiger partial charge in [0, 0.05) is 28.6 Å². The van der Waals surface area contributed by atoms with Crippen molar-refractivity contribution in [1.82, 2.24) is 9.97 Å². The number of carbonyl (C=O) groups is 1. The minimum atomic E-state index is 0.549. The topological polar surface area (TPSA) is 52.1 Å². The molecule has 4 nitrogen and oxygen atoms in total. The van der Waals surface area contributed by atoms with Crippen LogP contribution in [0.25, 0.3) is 21.6 Å². The van der Waals surface area contributed by atoms with Gasteiger partial charge >= 0.3 is 0 Å². The molecule has 94 valence electrons. The van der Waals surface area contributed by atoms with E-state index in [4.69, 9.17) is 4.74 Å². The molecule has 0 saturated heterocycles. The number of fused-ring (bicyclic) bond motifs is 1. The number of carbonyl (C=O) groups excluding carboxylic acids is 1. The summed E-state index contributed by atoms with van der Waals surface area (Å²) in [5.41, 5.74) is 1.95. The highest BCUT2D eigenvalue weighted by Crippen LogP contribution is 2.27. The maximum atomic E-state index is 11.2. The molecule has 3 aromatic rings. The normalized spacial score (nSPS) is 10.6. The molecule has 0 radical (unpaired) electrons. The number of methoxy groups -OCH3 is 1. The molecular formula is C14H10N2O2S. The second-order valence-corrected chi connectivity index (χ2v) is 4.83. The van der Waals surface area contributed by atoms with Gasteiger partial charge in [0.2, 0.25) is 0 Å². The Morgan fingerprint density at radius 1 is 1.32 bits per heavy atom. The van der Waals surface area contributed by atoms with E-state index in [1.54, 1.807) is 13.3 Å². The summed E-state index contributed by atoms with van der Waals surface area (Å²) in [5.74, 6) is 0.740. The molecule has 2 heterocycles. The maximum Gasteiger partial charge on any atom is 0.152 e. The summed E-state index contributed by atoms with van der Waals surface area (Å²) in [7, 11) is 1.61. The average Bonchev–Trinajstić information content (AvgIpc) is 2.99. The van der Waals surface area contributed by atoms with Crippen molar-refractivity contribution in [2.75, 3.05) is 7.11 Å². The van der Waals surface area contributed by atoms with Crippen LogP contribution in [0.1, 0.15) is 10.4 Å². The van der Waals surface area contributed by atoms with Gasteiger partial charge < -0.3 is 4.74 Å². The number of thiazole rings is 1. The highest BCUT2D eigenvalue weighted by molar-refractivity contribution is 7.13. The standard InChI is InChI=1S/C14H10N2O2S/c1-18-11-3-2-9-6-10(8-17)13(16-12(9)7-11)14-15-4-5-19-14/h2-8H,1H3. The van der Waals surface area contributed by atoms with E-state index in [1.807, 2.05) is 29.6 Å². The molecule has 0 amide bonds. The molecule has 0 aliphatic heterocycles. The van der Waals surface area contributed by atoms with E-state index in [2.05, 4.69) is 9.97 Å². The lowest BCUT2D eigenvalue weighted by atomic mass is 10.1. The molecular weight excluding hydrogens is 260 g/mol. The maximum absolute atomic E-state index is 11.2. The van der Waals surface area contributed by atoms with Gasteiger partial charge in [0.1, 0.15) is 16.5 Å². The van der Waals surface area contributed by atoms with Crippen molar-refractivity contribution in [2.24, 2.45) is 0 Å². The van der Waals surface area contributed by atoms with Crippen molar-refractivity contribution < 1.29 is 9.53 Å². The van der Waals surface area contributed by atoms with Crippen LogP contribution in [0.4, 0.5) is 0 Å². The fourth-order valence-corrected chi connectivity index (χ4v) is 2.54. The quantitative estimate of drug-likeness (QED) is 0.686. The number of nitrogens with zero attached hydrogens (tertiary/aromatic N) is 2. The molecule has 0 bridgehead atoms. The minimum Gasteiger partial charge on any atom is -0.497 e. The molecule has 1 aromatic carbocycles. The predicted molar refractivity (Wildman–Crippen MR) is 74.8 cm³/mol. The first kappa shape index (κ1) is 11.8. The second kappa shape index (κ2) is 4.78. The molecule has 0 spiro atoms. The summed E-state index contributed by atoms with van der Waals surface area (Å²) >= 11 is 1.46. The van der Waals surface area contributed by atoms with E-state index >= 15 is 0 Å². The van der Waals surface area contributed by atoms with E-state index in [1.165, 1.54) is 11.3 Å². The molecule has 5 heteroatoms. The zero-order valence-electron chi connectivity index (χ0n) is 10.2. The van der Waals surface area contributed by atoms with Crippen LogP contribution in [0, 0.1) is 0 Å². The number of aldehydes is 1. The lowest BCUT2D eigenvalue weighted by Crippen LogP contribution is -1.93. The van der Waals surface area contributed by atoms with Crippen LogP contribution in [0.15, 0.2) is 35.8 Å². The third-order valence-corrected chi connectivity index (χ3v) is 3.60. The van der Waals surface area contributed by atoms with Gasteiger partial charge in [-0.05, 0) is 18.2 Å². The molecule has 0 saturated carbocycles. The van der Waals surface area contributed by atoms with Gasteiger partial charge in [0.05, 0.1) is 12.6 Å². The van der Waals surface area contributed by atoms with Crippen LogP contribution in [-0.2, 0) is 0 Å². The van der Waals surface area contributed by atoms with Gasteiger partial charge in [0.25, 0.3) is 0 Å². The van der Waals surface area contributed by atoms with E-state index in [9.17, 15) is 4.79 Å². The first-order chi connectivity index (χ1) is 9.31. The smallest absolute Gasteiger partial charge is 0.152 e. The van der Waals surface area contributed by atoms with Crippen LogP contribution < -0.4 is 4.74 Å². The van der Waals surface area contributed by atoms with E-state index in [-0.39, 0.29) is 0 Å². The number of hydrogen-bond donors (Lipinski definition) is 0. The third kappa shape index (κ3) is 2.08. The van der Waals surface area contributed by atoms with Crippen molar-refractivity contribution in [2.45, 2.75) is 0 Å². The zero-order valence-corrected chi connectivity index (χ0v) is 11.0. The number of benzene rings is 1. The number of ether oxygens (including phenoxy) is 1. The lowest BCUT2D eigenvalue weighted by molar-refractivity contribution is 0.112. The molecule has 3 rings (SSSR count). The summed E-state index contributed by atoms with van der Waals surface area (Å²) in [4.78, 5) is 19.9. The summed E-state index contributed by atoms with van der Waals surface area (Å²) in [5, 5.41) is 3.51. The SMILES string of the molecule is COc1ccc2cc(C=O)c(-c3nccs3)nc2c1. The zero-order chi connectivity index (χ0) is 13.2. The molecule has 2 aromatic heterocycles. The summed E-state index contributed by atoms with van der Waals surface area (Å²) in [6.45, 7) is 0. The predicted octanol–water partition coefficient (Wildman–Crippen LogP) is 3.18. The van der Waals surface area contributed by atoms with E-state index < -0.39 is 0 Å². The van der Waals surface area contributed by atoms with Crippen molar-refractivity contribution in [1.29, 1.82) is 0 Å². The fraction of sp³-hybridized carbons (Fsp3) is 0.0714. The summed E-state index contributed by atoms with van der Waals surface area (Å²) in [6, 6.07) is 7.41. The number of rotatable bonds is 3. The van der Waals surface area contributed by atoms with Crippen LogP contribution in [0.5, 0.6) is 5.75 Å². The fourth-order valence-electron chi connectivity index (χ4n) is 1.89. The Morgan fingerprint density at radius 2 is 2.21 bits per heavy atom. The molecule has 0 N–H and O–H groups in total. The average molecular weight is 270 g/mol. The molecule has 19 heavy (non-hydrogen) atoms. The van der Waals surface area contributed by atoms with Crippen LogP contribution in [0.2, 0.25) is 0 Å². The summed E-state index contributed by atoms with van der Waals surface area (Å²) < 4.78 is 5.19.